The van der Waals surface area contributed by atoms with E-state index in [1.54, 1.807) is 24.6 Å². The Morgan fingerprint density at radius 3 is 1.26 bits per heavy atom. The molecule has 0 aliphatic rings. The van der Waals surface area contributed by atoms with Crippen LogP contribution in [0.25, 0.3) is 0 Å². The molecule has 0 atom stereocenters. The van der Waals surface area contributed by atoms with Gasteiger partial charge in [-0.3, -0.25) is 0 Å². The minimum Gasteiger partial charge on any atom is -1.00 e. The van der Waals surface area contributed by atoms with Gasteiger partial charge in [0.1, 0.15) is 4.17 Å². The molecule has 0 heterocycles. The predicted molar refractivity (Wildman–Crippen MR) is 198 cm³/mol. The summed E-state index contributed by atoms with van der Waals surface area (Å²) < 4.78 is 2.67. The van der Waals surface area contributed by atoms with Crippen molar-refractivity contribution in [2.24, 2.45) is 0 Å². The first-order valence-corrected chi connectivity index (χ1v) is 26.2. The number of halogens is 5. The average molecular weight is 876 g/mol. The molecule has 0 aliphatic heterocycles. The normalized spacial score (nSPS) is 10.9. The lowest BCUT2D eigenvalue weighted by Crippen LogP contribution is -3.00. The van der Waals surface area contributed by atoms with E-state index in [9.17, 15) is 0 Å². The van der Waals surface area contributed by atoms with Crippen LogP contribution in [-0.4, -0.2) is 73.2 Å². The Morgan fingerprint density at radius 1 is 0.579 bits per heavy atom. The number of rotatable bonds is 16. The fourth-order valence-electron chi connectivity index (χ4n) is 3.81. The highest BCUT2D eigenvalue weighted by molar-refractivity contribution is 14.1. The Bertz CT molecular complexity index is 558. The van der Waals surface area contributed by atoms with Gasteiger partial charge in [-0.05, 0) is 64.7 Å². The molecule has 0 spiro atoms. The van der Waals surface area contributed by atoms with Crippen molar-refractivity contribution in [2.75, 3.05) is 73.2 Å². The Morgan fingerprint density at radius 2 is 0.947 bits per heavy atom. The molecule has 0 unspecified atom stereocenters. The quantitative estimate of drug-likeness (QED) is 0.104. The Kier molecular flexibility index (Phi) is 41.5. The van der Waals surface area contributed by atoms with Crippen LogP contribution in [0.5, 0.6) is 0 Å². The molecule has 0 saturated carbocycles. The zero-order valence-corrected chi connectivity index (χ0v) is 35.5. The standard InChI is InChI=1S/C16H35IP.C10H15IP.C4H12P.3ClH/c1-4-7-13-18(14-8-5-2,15-9-6-3)16-11-10-12-17;1-12(2,9-11)8-10-6-4-3-5-7-10;1-5(2,3)4;;;/h4-16H2,1-3H3;3-7H,8-9H2,1-2H3;1-4H3;3*1H/q3*+1;;;/p-3. The second-order valence-corrected chi connectivity index (χ2v) is 29.5. The summed E-state index contributed by atoms with van der Waals surface area (Å²) in [6, 6.07) is 10.8. The number of alkyl halides is 2. The van der Waals surface area contributed by atoms with E-state index in [0.29, 0.717) is 0 Å². The molecule has 0 amide bonds. The van der Waals surface area contributed by atoms with E-state index in [4.69, 9.17) is 0 Å². The van der Waals surface area contributed by atoms with Crippen molar-refractivity contribution >= 4 is 67.0 Å². The minimum atomic E-state index is -0.659. The molecule has 0 aromatic heterocycles. The van der Waals surface area contributed by atoms with Gasteiger partial charge < -0.3 is 37.2 Å². The lowest BCUT2D eigenvalue weighted by atomic mass is 10.2. The maximum Gasteiger partial charge on any atom is 0.109 e. The third-order valence-corrected chi connectivity index (χ3v) is 19.0. The molecule has 0 N–H and O–H groups in total. The molecule has 0 aliphatic carbocycles. The van der Waals surface area contributed by atoms with Gasteiger partial charge in [0.25, 0.3) is 0 Å². The van der Waals surface area contributed by atoms with Crippen molar-refractivity contribution in [1.29, 1.82) is 0 Å². The summed E-state index contributed by atoms with van der Waals surface area (Å²) in [5.41, 5.74) is 1.49. The second kappa shape index (κ2) is 31.3. The van der Waals surface area contributed by atoms with Gasteiger partial charge in [0.2, 0.25) is 0 Å². The van der Waals surface area contributed by atoms with Crippen molar-refractivity contribution in [1.82, 2.24) is 0 Å². The van der Waals surface area contributed by atoms with Gasteiger partial charge >= 0.3 is 0 Å². The van der Waals surface area contributed by atoms with Crippen molar-refractivity contribution in [3.63, 3.8) is 0 Å². The van der Waals surface area contributed by atoms with Gasteiger partial charge in [-0.15, -0.1) is 0 Å². The van der Waals surface area contributed by atoms with Crippen LogP contribution in [0.2, 0.25) is 0 Å². The second-order valence-electron chi connectivity index (χ2n) is 12.1. The number of hydrogen-bond acceptors (Lipinski definition) is 0. The summed E-state index contributed by atoms with van der Waals surface area (Å²) >= 11 is 5.04. The van der Waals surface area contributed by atoms with Crippen molar-refractivity contribution in [2.45, 2.75) is 78.3 Å². The third-order valence-electron chi connectivity index (χ3n) is 5.75. The first-order valence-electron chi connectivity index (χ1n) is 14.0. The zero-order valence-electron chi connectivity index (χ0n) is 26.2. The molecule has 1 aromatic carbocycles. The Hall–Kier alpha value is 2.84. The number of unbranched alkanes of at least 4 members (excludes halogenated alkanes) is 4. The molecular formula is C30H62Cl3I2P3. The van der Waals surface area contributed by atoms with Gasteiger partial charge in [-0.1, -0.05) is 93.0 Å². The fourth-order valence-corrected chi connectivity index (χ4v) is 11.6. The van der Waals surface area contributed by atoms with Gasteiger partial charge in [-0.25, -0.2) is 0 Å². The van der Waals surface area contributed by atoms with Crippen LogP contribution in [0.15, 0.2) is 30.3 Å². The summed E-state index contributed by atoms with van der Waals surface area (Å²) in [6.45, 7) is 21.1. The summed E-state index contributed by atoms with van der Waals surface area (Å²) in [4.78, 5) is 0. The van der Waals surface area contributed by atoms with Crippen LogP contribution in [0.3, 0.4) is 0 Å². The molecule has 1 aromatic rings. The van der Waals surface area contributed by atoms with Crippen LogP contribution in [0.4, 0.5) is 0 Å². The van der Waals surface area contributed by atoms with Crippen LogP contribution >= 0.6 is 67.0 Å². The van der Waals surface area contributed by atoms with Crippen molar-refractivity contribution in [3.8, 4) is 0 Å². The van der Waals surface area contributed by atoms with Gasteiger partial charge in [0.15, 0.2) is 0 Å². The molecule has 0 saturated heterocycles. The lowest BCUT2D eigenvalue weighted by Gasteiger charge is -2.28. The topological polar surface area (TPSA) is 0 Å². The summed E-state index contributed by atoms with van der Waals surface area (Å²) in [5, 5.41) is 0. The third kappa shape index (κ3) is 35.0. The van der Waals surface area contributed by atoms with E-state index in [2.05, 4.69) is 136 Å². The largest absolute Gasteiger partial charge is 1.00 e. The van der Waals surface area contributed by atoms with Gasteiger partial charge in [-0.2, -0.15) is 0 Å². The highest BCUT2D eigenvalue weighted by atomic mass is 127. The van der Waals surface area contributed by atoms with Gasteiger partial charge in [0, 0.05) is 61.8 Å². The van der Waals surface area contributed by atoms with E-state index in [1.165, 1.54) is 71.7 Å². The molecule has 38 heavy (non-hydrogen) atoms. The summed E-state index contributed by atoms with van der Waals surface area (Å²) in [7, 11) is -1.63. The minimum absolute atomic E-state index is 0. The molecule has 232 valence electrons. The Labute approximate surface area is 288 Å². The monoisotopic (exact) mass is 874 g/mol. The van der Waals surface area contributed by atoms with Crippen LogP contribution in [0.1, 0.15) is 77.7 Å². The predicted octanol–water partition coefficient (Wildman–Crippen LogP) is 3.01. The fraction of sp³-hybridized carbons (Fsp3) is 0.800. The van der Waals surface area contributed by atoms with E-state index in [0.717, 1.165) is 0 Å². The van der Waals surface area contributed by atoms with Crippen molar-refractivity contribution < 1.29 is 37.2 Å². The first-order chi connectivity index (χ1) is 16.4. The van der Waals surface area contributed by atoms with Gasteiger partial charge in [0.05, 0.1) is 30.8 Å². The molecule has 0 radical (unpaired) electrons. The molecule has 8 heteroatoms. The first kappa shape index (κ1) is 50.5. The number of hydrogen-bond donors (Lipinski definition) is 0. The number of benzene rings is 1. The summed E-state index contributed by atoms with van der Waals surface area (Å²) in [6.07, 6.45) is 19.3. The van der Waals surface area contributed by atoms with E-state index in [1.807, 2.05) is 0 Å². The molecule has 0 nitrogen and oxygen atoms in total. The highest BCUT2D eigenvalue weighted by Crippen LogP contribution is 2.61. The molecular weight excluding hydrogens is 813 g/mol. The van der Waals surface area contributed by atoms with Crippen LogP contribution in [0, 0.1) is 0 Å². The van der Waals surface area contributed by atoms with Crippen LogP contribution in [-0.2, 0) is 6.16 Å². The van der Waals surface area contributed by atoms with E-state index in [-0.39, 0.29) is 44.5 Å². The lowest BCUT2D eigenvalue weighted by molar-refractivity contribution is -0.00100. The molecule has 0 bridgehead atoms. The van der Waals surface area contributed by atoms with E-state index >= 15 is 0 Å². The molecule has 1 rings (SSSR count). The highest BCUT2D eigenvalue weighted by Gasteiger charge is 2.34. The summed E-state index contributed by atoms with van der Waals surface area (Å²) in [5.74, 6) is 0. The SMILES string of the molecule is CCCC[P+](CCCC)(CCCC)CCCCI.C[P+](C)(C)C.C[P+](C)(CI)Cc1ccccc1.[Cl-].[Cl-].[Cl-]. The molecule has 0 fully saturated rings. The van der Waals surface area contributed by atoms with E-state index < -0.39 is 14.5 Å². The Balaban J connectivity index is -0.000000158. The maximum absolute atomic E-state index is 2.54. The van der Waals surface area contributed by atoms with Crippen LogP contribution < -0.4 is 37.2 Å². The smallest absolute Gasteiger partial charge is 0.109 e. The maximum atomic E-state index is 2.54. The van der Waals surface area contributed by atoms with Crippen molar-refractivity contribution in [3.05, 3.63) is 35.9 Å². The zero-order chi connectivity index (χ0) is 27.2. The average Bonchev–Trinajstić information content (AvgIpc) is 2.79.